The summed E-state index contributed by atoms with van der Waals surface area (Å²) in [5, 5.41) is 12.6. The Morgan fingerprint density at radius 1 is 1.42 bits per heavy atom. The van der Waals surface area contributed by atoms with E-state index in [1.54, 1.807) is 10.6 Å². The molecule has 2 fully saturated rings. The molecule has 0 bridgehead atoms. The number of aromatic nitrogens is 1. The minimum Gasteiger partial charge on any atom is -0.477 e. The van der Waals surface area contributed by atoms with Crippen LogP contribution in [-0.2, 0) is 0 Å². The first-order valence-electron chi connectivity index (χ1n) is 8.77. The number of fused-ring (bicyclic) bond motifs is 1. The van der Waals surface area contributed by atoms with Crippen LogP contribution >= 0.6 is 0 Å². The molecule has 0 amide bonds. The highest BCUT2D eigenvalue weighted by molar-refractivity contribution is 5.99. The molecular formula is C18H21FN4O3. The van der Waals surface area contributed by atoms with Crippen molar-refractivity contribution < 1.29 is 14.3 Å². The van der Waals surface area contributed by atoms with Gasteiger partial charge in [-0.3, -0.25) is 4.79 Å². The summed E-state index contributed by atoms with van der Waals surface area (Å²) in [7, 11) is 0. The van der Waals surface area contributed by atoms with Crippen molar-refractivity contribution in [3.63, 3.8) is 0 Å². The Morgan fingerprint density at radius 3 is 2.77 bits per heavy atom. The normalized spacial score (nSPS) is 20.5. The maximum atomic E-state index is 15.0. The first kappa shape index (κ1) is 16.8. The molecule has 1 saturated carbocycles. The molecule has 0 radical (unpaired) electrons. The number of carboxylic acid groups (broad SMARTS) is 1. The fourth-order valence-corrected chi connectivity index (χ4v) is 3.68. The van der Waals surface area contributed by atoms with Crippen LogP contribution in [0.3, 0.4) is 0 Å². The standard InChI is InChI=1S/C18H21FN4O3/c1-9-7-22(5-4-21-9)13-6-12-14(16(20)15(13)19)17(24)11(18(25)26)8-23(12)10-2-3-10/h6,8-10,21H,2-5,7,20H2,1H3,(H,25,26). The van der Waals surface area contributed by atoms with E-state index in [1.807, 2.05) is 11.8 Å². The third-order valence-corrected chi connectivity index (χ3v) is 5.16. The molecule has 1 aliphatic carbocycles. The van der Waals surface area contributed by atoms with E-state index in [4.69, 9.17) is 5.73 Å². The molecule has 4 N–H and O–H groups in total. The Balaban J connectivity index is 1.99. The van der Waals surface area contributed by atoms with Crippen molar-refractivity contribution in [1.29, 1.82) is 0 Å². The third kappa shape index (κ3) is 2.61. The van der Waals surface area contributed by atoms with E-state index in [-0.39, 0.29) is 28.7 Å². The van der Waals surface area contributed by atoms with Gasteiger partial charge in [-0.25, -0.2) is 9.18 Å². The number of pyridine rings is 1. The Hall–Kier alpha value is -2.61. The zero-order chi connectivity index (χ0) is 18.6. The lowest BCUT2D eigenvalue weighted by Gasteiger charge is -2.34. The van der Waals surface area contributed by atoms with E-state index in [9.17, 15) is 14.7 Å². The molecule has 2 aliphatic rings. The SMILES string of the molecule is CC1CN(c2cc3c(c(N)c2F)c(=O)c(C(=O)O)cn3C2CC2)CCN1. The van der Waals surface area contributed by atoms with E-state index in [0.29, 0.717) is 24.3 Å². The van der Waals surface area contributed by atoms with Crippen LogP contribution in [-0.4, -0.2) is 41.3 Å². The van der Waals surface area contributed by atoms with Crippen LogP contribution in [0.25, 0.3) is 10.9 Å². The number of nitrogens with one attached hydrogen (secondary N) is 1. The van der Waals surface area contributed by atoms with Crippen molar-refractivity contribution in [1.82, 2.24) is 9.88 Å². The number of hydrogen-bond donors (Lipinski definition) is 3. The minimum absolute atomic E-state index is 0.0405. The predicted octanol–water partition coefficient (Wildman–Crippen LogP) is 1.55. The zero-order valence-corrected chi connectivity index (χ0v) is 14.5. The van der Waals surface area contributed by atoms with Gasteiger partial charge in [0.25, 0.3) is 0 Å². The summed E-state index contributed by atoms with van der Waals surface area (Å²) in [5.74, 6) is -1.99. The summed E-state index contributed by atoms with van der Waals surface area (Å²) in [6, 6.07) is 1.97. The quantitative estimate of drug-likeness (QED) is 0.718. The number of carboxylic acids is 1. The van der Waals surface area contributed by atoms with E-state index < -0.39 is 17.2 Å². The van der Waals surface area contributed by atoms with E-state index in [2.05, 4.69) is 5.32 Å². The summed E-state index contributed by atoms with van der Waals surface area (Å²) in [6.07, 6.45) is 3.16. The van der Waals surface area contributed by atoms with Crippen LogP contribution in [0, 0.1) is 5.82 Å². The Morgan fingerprint density at radius 2 is 2.15 bits per heavy atom. The molecule has 1 atom stereocenters. The highest BCUT2D eigenvalue weighted by Gasteiger charge is 2.30. The molecule has 2 aromatic rings. The van der Waals surface area contributed by atoms with Gasteiger partial charge in [0.2, 0.25) is 5.43 Å². The van der Waals surface area contributed by atoms with Crippen molar-refractivity contribution in [2.45, 2.75) is 31.8 Å². The Kier molecular flexibility index (Phi) is 3.87. The fraction of sp³-hybridized carbons (Fsp3) is 0.444. The third-order valence-electron chi connectivity index (χ3n) is 5.16. The Labute approximate surface area is 149 Å². The van der Waals surface area contributed by atoms with Gasteiger partial charge >= 0.3 is 5.97 Å². The summed E-state index contributed by atoms with van der Waals surface area (Å²) in [5.41, 5.74) is 5.48. The van der Waals surface area contributed by atoms with Crippen molar-refractivity contribution in [2.24, 2.45) is 0 Å². The van der Waals surface area contributed by atoms with E-state index in [0.717, 1.165) is 19.4 Å². The van der Waals surface area contributed by atoms with Crippen LogP contribution in [0.4, 0.5) is 15.8 Å². The van der Waals surface area contributed by atoms with Crippen LogP contribution in [0.1, 0.15) is 36.2 Å². The number of rotatable bonds is 3. The summed E-state index contributed by atoms with van der Waals surface area (Å²) < 4.78 is 16.8. The number of aromatic carboxylic acids is 1. The lowest BCUT2D eigenvalue weighted by molar-refractivity contribution is 0.0695. The molecule has 26 heavy (non-hydrogen) atoms. The molecule has 7 nitrogen and oxygen atoms in total. The van der Waals surface area contributed by atoms with Crippen molar-refractivity contribution >= 4 is 28.2 Å². The largest absolute Gasteiger partial charge is 0.477 e. The molecular weight excluding hydrogens is 339 g/mol. The van der Waals surface area contributed by atoms with Gasteiger partial charge < -0.3 is 25.6 Å². The molecule has 1 unspecified atom stereocenters. The number of piperazine rings is 1. The molecule has 8 heteroatoms. The summed E-state index contributed by atoms with van der Waals surface area (Å²) in [4.78, 5) is 26.0. The molecule has 1 aromatic heterocycles. The molecule has 1 aromatic carbocycles. The van der Waals surface area contributed by atoms with Crippen LogP contribution in [0.2, 0.25) is 0 Å². The average molecular weight is 360 g/mol. The lowest BCUT2D eigenvalue weighted by Crippen LogP contribution is -2.49. The van der Waals surface area contributed by atoms with Gasteiger partial charge in [0, 0.05) is 37.9 Å². The van der Waals surface area contributed by atoms with E-state index in [1.165, 1.54) is 6.20 Å². The maximum Gasteiger partial charge on any atom is 0.341 e. The fourth-order valence-electron chi connectivity index (χ4n) is 3.68. The first-order valence-corrected chi connectivity index (χ1v) is 8.77. The molecule has 2 heterocycles. The van der Waals surface area contributed by atoms with Crippen molar-refractivity contribution in [3.05, 3.63) is 33.9 Å². The van der Waals surface area contributed by atoms with Crippen LogP contribution in [0.15, 0.2) is 17.1 Å². The minimum atomic E-state index is -1.33. The number of halogens is 1. The highest BCUT2D eigenvalue weighted by atomic mass is 19.1. The van der Waals surface area contributed by atoms with Crippen LogP contribution in [0.5, 0.6) is 0 Å². The molecule has 138 valence electrons. The van der Waals surface area contributed by atoms with Gasteiger partial charge in [-0.2, -0.15) is 0 Å². The second-order valence-electron chi connectivity index (χ2n) is 7.13. The monoisotopic (exact) mass is 360 g/mol. The van der Waals surface area contributed by atoms with Gasteiger partial charge in [-0.15, -0.1) is 0 Å². The first-order chi connectivity index (χ1) is 12.4. The van der Waals surface area contributed by atoms with Gasteiger partial charge in [0.1, 0.15) is 5.56 Å². The van der Waals surface area contributed by atoms with Crippen molar-refractivity contribution in [2.75, 3.05) is 30.3 Å². The van der Waals surface area contributed by atoms with Gasteiger partial charge in [0.05, 0.1) is 22.3 Å². The number of benzene rings is 1. The number of nitrogens with zero attached hydrogens (tertiary/aromatic N) is 2. The summed E-state index contributed by atoms with van der Waals surface area (Å²) >= 11 is 0. The molecule has 0 spiro atoms. The van der Waals surface area contributed by atoms with Crippen LogP contribution < -0.4 is 21.4 Å². The highest BCUT2D eigenvalue weighted by Crippen LogP contribution is 2.39. The average Bonchev–Trinajstić information content (AvgIpc) is 3.42. The smallest absolute Gasteiger partial charge is 0.341 e. The zero-order valence-electron chi connectivity index (χ0n) is 14.5. The lowest BCUT2D eigenvalue weighted by atomic mass is 10.1. The molecule has 1 saturated heterocycles. The van der Waals surface area contributed by atoms with E-state index >= 15 is 4.39 Å². The number of hydrogen-bond acceptors (Lipinski definition) is 5. The number of carbonyl (C=O) groups is 1. The van der Waals surface area contributed by atoms with Gasteiger partial charge in [-0.05, 0) is 25.8 Å². The van der Waals surface area contributed by atoms with Gasteiger partial charge in [-0.1, -0.05) is 0 Å². The molecule has 4 rings (SSSR count). The maximum absolute atomic E-state index is 15.0. The number of anilines is 2. The summed E-state index contributed by atoms with van der Waals surface area (Å²) in [6.45, 7) is 4.01. The topological polar surface area (TPSA) is 101 Å². The predicted molar refractivity (Wildman–Crippen MR) is 97.5 cm³/mol. The molecule has 1 aliphatic heterocycles. The Bertz CT molecular complexity index is 967. The second-order valence-corrected chi connectivity index (χ2v) is 7.13. The number of nitrogens with two attached hydrogens (primary N) is 1. The van der Waals surface area contributed by atoms with Gasteiger partial charge in [0.15, 0.2) is 5.82 Å². The van der Waals surface area contributed by atoms with Crippen molar-refractivity contribution in [3.8, 4) is 0 Å². The second kappa shape index (κ2) is 5.98. The number of nitrogen functional groups attached to an aromatic ring is 1.